The van der Waals surface area contributed by atoms with Crippen molar-refractivity contribution in [1.82, 2.24) is 24.7 Å². The van der Waals surface area contributed by atoms with Crippen molar-refractivity contribution in [1.29, 1.82) is 0 Å². The van der Waals surface area contributed by atoms with Crippen LogP contribution >= 0.6 is 11.6 Å². The van der Waals surface area contributed by atoms with Crippen LogP contribution in [0.2, 0.25) is 5.02 Å². The Morgan fingerprint density at radius 3 is 2.60 bits per heavy atom. The molecule has 0 bridgehead atoms. The minimum atomic E-state index is 0.542. The Hall–Kier alpha value is -2.47. The predicted octanol–water partition coefficient (Wildman–Crippen LogP) is 2.39. The fourth-order valence-corrected chi connectivity index (χ4v) is 1.84. The lowest BCUT2D eigenvalue weighted by molar-refractivity contribution is 0.397. The first-order valence-electron chi connectivity index (χ1n) is 5.80. The number of halogens is 1. The molecule has 0 N–H and O–H groups in total. The van der Waals surface area contributed by atoms with Gasteiger partial charge >= 0.3 is 0 Å². The van der Waals surface area contributed by atoms with Crippen LogP contribution in [-0.2, 0) is 0 Å². The first kappa shape index (κ1) is 12.6. The number of aromatic nitrogens is 5. The largest absolute Gasteiger partial charge is 0.481 e. The highest BCUT2D eigenvalue weighted by molar-refractivity contribution is 6.30. The molecule has 0 unspecified atom stereocenters. The standard InChI is InChI=1S/C13H10ClN5O/c1-20-12-5-3-10(7-16-12)19-13(17-8-18-19)11-4-2-9(14)6-15-11/h2-8H,1H3. The van der Waals surface area contributed by atoms with Crippen LogP contribution in [0.5, 0.6) is 5.88 Å². The SMILES string of the molecule is COc1ccc(-n2ncnc2-c2ccc(Cl)cn2)cn1. The lowest BCUT2D eigenvalue weighted by atomic mass is 10.3. The Balaban J connectivity index is 2.02. The van der Waals surface area contributed by atoms with Crippen molar-refractivity contribution < 1.29 is 4.74 Å². The van der Waals surface area contributed by atoms with E-state index in [1.807, 2.05) is 6.07 Å². The fraction of sp³-hybridized carbons (Fsp3) is 0.0769. The first-order chi connectivity index (χ1) is 9.78. The third-order valence-corrected chi connectivity index (χ3v) is 2.90. The molecule has 0 spiro atoms. The van der Waals surface area contributed by atoms with Crippen molar-refractivity contribution in [3.63, 3.8) is 0 Å². The molecule has 0 radical (unpaired) electrons. The van der Waals surface area contributed by atoms with E-state index < -0.39 is 0 Å². The topological polar surface area (TPSA) is 65.7 Å². The predicted molar refractivity (Wildman–Crippen MR) is 73.9 cm³/mol. The van der Waals surface area contributed by atoms with E-state index in [-0.39, 0.29) is 0 Å². The van der Waals surface area contributed by atoms with E-state index in [2.05, 4.69) is 20.1 Å². The number of nitrogens with zero attached hydrogens (tertiary/aromatic N) is 5. The number of rotatable bonds is 3. The van der Waals surface area contributed by atoms with E-state index in [4.69, 9.17) is 16.3 Å². The maximum atomic E-state index is 5.83. The van der Waals surface area contributed by atoms with Crippen molar-refractivity contribution in [3.05, 3.63) is 48.0 Å². The molecule has 0 fully saturated rings. The number of ether oxygens (including phenoxy) is 1. The molecule has 7 heteroatoms. The smallest absolute Gasteiger partial charge is 0.213 e. The molecule has 0 saturated carbocycles. The molecule has 0 aliphatic carbocycles. The maximum absolute atomic E-state index is 5.83. The monoisotopic (exact) mass is 287 g/mol. The van der Waals surface area contributed by atoms with Gasteiger partial charge in [-0.05, 0) is 18.2 Å². The third-order valence-electron chi connectivity index (χ3n) is 2.68. The summed E-state index contributed by atoms with van der Waals surface area (Å²) in [6.07, 6.45) is 4.70. The average Bonchev–Trinajstić information content (AvgIpc) is 2.97. The molecular weight excluding hydrogens is 278 g/mol. The molecule has 20 heavy (non-hydrogen) atoms. The zero-order valence-corrected chi connectivity index (χ0v) is 11.3. The van der Waals surface area contributed by atoms with Crippen LogP contribution in [0.4, 0.5) is 0 Å². The summed E-state index contributed by atoms with van der Waals surface area (Å²) in [4.78, 5) is 12.6. The lowest BCUT2D eigenvalue weighted by Crippen LogP contribution is -2.01. The highest BCUT2D eigenvalue weighted by atomic mass is 35.5. The molecule has 6 nitrogen and oxygen atoms in total. The number of hydrogen-bond donors (Lipinski definition) is 0. The van der Waals surface area contributed by atoms with Crippen molar-refractivity contribution in [3.8, 4) is 23.1 Å². The summed E-state index contributed by atoms with van der Waals surface area (Å²) in [6, 6.07) is 7.16. The fourth-order valence-electron chi connectivity index (χ4n) is 1.73. The lowest BCUT2D eigenvalue weighted by Gasteiger charge is -2.06. The second kappa shape index (κ2) is 5.26. The Labute approximate surface area is 120 Å². The summed E-state index contributed by atoms with van der Waals surface area (Å²) in [5.41, 5.74) is 1.46. The van der Waals surface area contributed by atoms with Gasteiger partial charge in [0.05, 0.1) is 24.0 Å². The van der Waals surface area contributed by atoms with Crippen LogP contribution < -0.4 is 4.74 Å². The minimum absolute atomic E-state index is 0.542. The summed E-state index contributed by atoms with van der Waals surface area (Å²) in [5, 5.41) is 4.77. The van der Waals surface area contributed by atoms with Crippen LogP contribution in [-0.4, -0.2) is 31.8 Å². The molecule has 0 aliphatic rings. The normalized spacial score (nSPS) is 10.5. The highest BCUT2D eigenvalue weighted by Gasteiger charge is 2.10. The van der Waals surface area contributed by atoms with Gasteiger partial charge in [0, 0.05) is 12.3 Å². The average molecular weight is 288 g/mol. The van der Waals surface area contributed by atoms with Crippen LogP contribution in [0.3, 0.4) is 0 Å². The van der Waals surface area contributed by atoms with E-state index in [1.54, 1.807) is 42.4 Å². The zero-order valence-electron chi connectivity index (χ0n) is 10.6. The van der Waals surface area contributed by atoms with Gasteiger partial charge in [-0.3, -0.25) is 4.98 Å². The summed E-state index contributed by atoms with van der Waals surface area (Å²) in [6.45, 7) is 0. The van der Waals surface area contributed by atoms with Crippen LogP contribution in [0, 0.1) is 0 Å². The second-order valence-electron chi connectivity index (χ2n) is 3.92. The molecular formula is C13H10ClN5O. The van der Waals surface area contributed by atoms with Gasteiger partial charge in [-0.15, -0.1) is 0 Å². The van der Waals surface area contributed by atoms with Gasteiger partial charge < -0.3 is 4.74 Å². The second-order valence-corrected chi connectivity index (χ2v) is 4.35. The Morgan fingerprint density at radius 1 is 1.05 bits per heavy atom. The van der Waals surface area contributed by atoms with Gasteiger partial charge in [0.2, 0.25) is 5.88 Å². The van der Waals surface area contributed by atoms with Gasteiger partial charge in [0.15, 0.2) is 5.82 Å². The van der Waals surface area contributed by atoms with Gasteiger partial charge in [-0.2, -0.15) is 5.10 Å². The van der Waals surface area contributed by atoms with E-state index >= 15 is 0 Å². The summed E-state index contributed by atoms with van der Waals surface area (Å²) < 4.78 is 6.69. The summed E-state index contributed by atoms with van der Waals surface area (Å²) >= 11 is 5.83. The number of methoxy groups -OCH3 is 1. The van der Waals surface area contributed by atoms with Gasteiger partial charge in [0.25, 0.3) is 0 Å². The highest BCUT2D eigenvalue weighted by Crippen LogP contribution is 2.19. The van der Waals surface area contributed by atoms with E-state index in [1.165, 1.54) is 6.33 Å². The first-order valence-corrected chi connectivity index (χ1v) is 6.18. The van der Waals surface area contributed by atoms with Gasteiger partial charge in [0.1, 0.15) is 12.0 Å². The zero-order chi connectivity index (χ0) is 13.9. The maximum Gasteiger partial charge on any atom is 0.213 e. The van der Waals surface area contributed by atoms with E-state index in [0.717, 1.165) is 5.69 Å². The third kappa shape index (κ3) is 2.33. The minimum Gasteiger partial charge on any atom is -0.481 e. The number of hydrogen-bond acceptors (Lipinski definition) is 5. The molecule has 0 atom stereocenters. The van der Waals surface area contributed by atoms with Crippen molar-refractivity contribution in [2.75, 3.05) is 7.11 Å². The Kier molecular flexibility index (Phi) is 3.30. The molecule has 3 heterocycles. The van der Waals surface area contributed by atoms with Gasteiger partial charge in [-0.25, -0.2) is 14.6 Å². The van der Waals surface area contributed by atoms with Crippen molar-refractivity contribution in [2.24, 2.45) is 0 Å². The molecule has 0 aliphatic heterocycles. The van der Waals surface area contributed by atoms with Crippen LogP contribution in [0.25, 0.3) is 17.2 Å². The quantitative estimate of drug-likeness (QED) is 0.740. The van der Waals surface area contributed by atoms with Crippen LogP contribution in [0.1, 0.15) is 0 Å². The Bertz CT molecular complexity index is 708. The molecule has 3 aromatic rings. The van der Waals surface area contributed by atoms with Crippen LogP contribution in [0.15, 0.2) is 43.0 Å². The summed E-state index contributed by atoms with van der Waals surface area (Å²) in [5.74, 6) is 1.16. The number of pyridine rings is 2. The molecule has 100 valence electrons. The molecule has 0 amide bonds. The molecule has 3 aromatic heterocycles. The van der Waals surface area contributed by atoms with E-state index in [0.29, 0.717) is 22.4 Å². The van der Waals surface area contributed by atoms with Crippen molar-refractivity contribution >= 4 is 11.6 Å². The van der Waals surface area contributed by atoms with Gasteiger partial charge in [-0.1, -0.05) is 11.6 Å². The molecule has 3 rings (SSSR count). The summed E-state index contributed by atoms with van der Waals surface area (Å²) in [7, 11) is 1.57. The van der Waals surface area contributed by atoms with E-state index in [9.17, 15) is 0 Å². The van der Waals surface area contributed by atoms with Crippen molar-refractivity contribution in [2.45, 2.75) is 0 Å². The molecule has 0 aromatic carbocycles. The Morgan fingerprint density at radius 2 is 1.95 bits per heavy atom. The molecule has 0 saturated heterocycles.